The molecule has 35 heavy (non-hydrogen) atoms. The Bertz CT molecular complexity index is 1420. The zero-order chi connectivity index (χ0) is 24.5. The van der Waals surface area contributed by atoms with Gasteiger partial charge in [0.1, 0.15) is 0 Å². The van der Waals surface area contributed by atoms with Gasteiger partial charge in [-0.05, 0) is 68.7 Å². The highest BCUT2D eigenvalue weighted by atomic mass is 32.1. The van der Waals surface area contributed by atoms with Gasteiger partial charge in [-0.15, -0.1) is 0 Å². The third-order valence-electron chi connectivity index (χ3n) is 6.41. The molecule has 1 unspecified atom stereocenters. The lowest BCUT2D eigenvalue weighted by atomic mass is 9.94. The van der Waals surface area contributed by atoms with Crippen LogP contribution in [0.1, 0.15) is 48.0 Å². The first-order valence-electron chi connectivity index (χ1n) is 11.8. The molecule has 0 bridgehead atoms. The van der Waals surface area contributed by atoms with Crippen molar-refractivity contribution in [2.24, 2.45) is 0 Å². The van der Waals surface area contributed by atoms with Crippen molar-refractivity contribution in [3.63, 3.8) is 0 Å². The molecule has 1 N–H and O–H groups in total. The third-order valence-corrected chi connectivity index (χ3v) is 6.71. The van der Waals surface area contributed by atoms with Crippen LogP contribution in [0, 0.1) is 13.8 Å². The molecule has 5 rings (SSSR count). The molecule has 1 aliphatic rings. The smallest absolute Gasteiger partial charge is 0.258 e. The van der Waals surface area contributed by atoms with Gasteiger partial charge in [0, 0.05) is 16.9 Å². The fraction of sp³-hybridized carbons (Fsp3) is 0.207. The van der Waals surface area contributed by atoms with Gasteiger partial charge in [0.15, 0.2) is 5.11 Å². The highest BCUT2D eigenvalue weighted by Gasteiger charge is 2.34. The molecule has 0 amide bonds. The average Bonchev–Trinajstić information content (AvgIpc) is 3.34. The van der Waals surface area contributed by atoms with Gasteiger partial charge in [-0.3, -0.25) is 4.90 Å². The minimum Gasteiger partial charge on any atom is -0.351 e. The van der Waals surface area contributed by atoms with Crippen molar-refractivity contribution < 1.29 is 4.52 Å². The lowest BCUT2D eigenvalue weighted by Crippen LogP contribution is -2.46. The second-order valence-electron chi connectivity index (χ2n) is 8.94. The quantitative estimate of drug-likeness (QED) is 0.318. The van der Waals surface area contributed by atoms with E-state index in [0.717, 1.165) is 40.1 Å². The van der Waals surface area contributed by atoms with Crippen LogP contribution in [-0.4, -0.2) is 15.3 Å². The van der Waals surface area contributed by atoms with Crippen LogP contribution in [0.5, 0.6) is 0 Å². The molecule has 0 fully saturated rings. The van der Waals surface area contributed by atoms with Crippen LogP contribution in [0.25, 0.3) is 17.0 Å². The Morgan fingerprint density at radius 3 is 2.46 bits per heavy atom. The number of nitrogens with one attached hydrogen (secondary N) is 1. The van der Waals surface area contributed by atoms with E-state index < -0.39 is 0 Å². The van der Waals surface area contributed by atoms with Crippen LogP contribution >= 0.6 is 12.2 Å². The summed E-state index contributed by atoms with van der Waals surface area (Å²) in [5.74, 6) is 1.05. The average molecular weight is 481 g/mol. The molecule has 0 spiro atoms. The molecule has 1 atom stereocenters. The van der Waals surface area contributed by atoms with E-state index in [1.165, 1.54) is 11.1 Å². The fourth-order valence-electron chi connectivity index (χ4n) is 4.49. The predicted octanol–water partition coefficient (Wildman–Crippen LogP) is 6.78. The lowest BCUT2D eigenvalue weighted by Gasteiger charge is -2.37. The Hall–Kier alpha value is -3.77. The molecule has 4 aromatic rings. The summed E-state index contributed by atoms with van der Waals surface area (Å²) in [6, 6.07) is 24.8. The number of thiocarbonyl (C=S) groups is 1. The number of anilines is 1. The SMILES string of the molecule is CCc1cccc(N2C(=S)NC(c3ccc(C)cc3)C(c3nc(-c4cccc(C)c4)no3)=C2C)c1. The Kier molecular flexibility index (Phi) is 6.22. The number of allylic oxidation sites excluding steroid dienone is 1. The van der Waals surface area contributed by atoms with E-state index >= 15 is 0 Å². The summed E-state index contributed by atoms with van der Waals surface area (Å²) in [5, 5.41) is 8.51. The number of hydrogen-bond acceptors (Lipinski definition) is 4. The number of benzene rings is 3. The maximum atomic E-state index is 5.88. The molecular weight excluding hydrogens is 452 g/mol. The monoisotopic (exact) mass is 480 g/mol. The van der Waals surface area contributed by atoms with Gasteiger partial charge in [0.05, 0.1) is 11.6 Å². The first-order chi connectivity index (χ1) is 16.9. The van der Waals surface area contributed by atoms with E-state index in [1.54, 1.807) is 0 Å². The number of rotatable bonds is 5. The number of aryl methyl sites for hydroxylation is 3. The normalized spacial score (nSPS) is 15.9. The Labute approximate surface area is 211 Å². The van der Waals surface area contributed by atoms with Crippen LogP contribution in [-0.2, 0) is 6.42 Å². The molecule has 6 heteroatoms. The van der Waals surface area contributed by atoms with Crippen molar-refractivity contribution in [2.45, 2.75) is 40.2 Å². The molecular formula is C29H28N4OS. The molecule has 176 valence electrons. The Morgan fingerprint density at radius 1 is 0.943 bits per heavy atom. The van der Waals surface area contributed by atoms with Crippen molar-refractivity contribution in [3.8, 4) is 11.4 Å². The van der Waals surface area contributed by atoms with Gasteiger partial charge in [0.25, 0.3) is 5.89 Å². The van der Waals surface area contributed by atoms with Crippen LogP contribution in [0.4, 0.5) is 5.69 Å². The molecule has 0 saturated heterocycles. The zero-order valence-electron chi connectivity index (χ0n) is 20.4. The molecule has 3 aromatic carbocycles. The van der Waals surface area contributed by atoms with Gasteiger partial charge in [-0.2, -0.15) is 4.98 Å². The second-order valence-corrected chi connectivity index (χ2v) is 9.33. The molecule has 5 nitrogen and oxygen atoms in total. The lowest BCUT2D eigenvalue weighted by molar-refractivity contribution is 0.404. The van der Waals surface area contributed by atoms with Gasteiger partial charge < -0.3 is 9.84 Å². The molecule has 0 radical (unpaired) electrons. The predicted molar refractivity (Wildman–Crippen MR) is 145 cm³/mol. The van der Waals surface area contributed by atoms with E-state index in [4.69, 9.17) is 21.7 Å². The van der Waals surface area contributed by atoms with Gasteiger partial charge in [-0.1, -0.05) is 77.8 Å². The van der Waals surface area contributed by atoms with Crippen molar-refractivity contribution >= 4 is 28.6 Å². The zero-order valence-corrected chi connectivity index (χ0v) is 21.2. The first-order valence-corrected chi connectivity index (χ1v) is 12.2. The standard InChI is InChI=1S/C29H28N4OS/c1-5-21-9-7-11-24(17-21)33-20(4)25(26(30-29(33)35)22-14-12-18(2)13-15-22)28-31-27(32-34-28)23-10-6-8-19(3)16-23/h6-17,26H,5H2,1-4H3,(H,30,35). The highest BCUT2D eigenvalue weighted by Crippen LogP contribution is 2.39. The summed E-state index contributed by atoms with van der Waals surface area (Å²) in [5.41, 5.74) is 8.50. The topological polar surface area (TPSA) is 54.2 Å². The Morgan fingerprint density at radius 2 is 1.71 bits per heavy atom. The second kappa shape index (κ2) is 9.47. The fourth-order valence-corrected chi connectivity index (χ4v) is 4.85. The Balaban J connectivity index is 1.66. The summed E-state index contributed by atoms with van der Waals surface area (Å²) in [6.45, 7) is 8.36. The van der Waals surface area contributed by atoms with Crippen molar-refractivity contribution in [1.82, 2.24) is 15.5 Å². The maximum Gasteiger partial charge on any atom is 0.258 e. The molecule has 0 saturated carbocycles. The van der Waals surface area contributed by atoms with Crippen LogP contribution in [0.15, 0.2) is 83.0 Å². The van der Waals surface area contributed by atoms with Gasteiger partial charge >= 0.3 is 0 Å². The van der Waals surface area contributed by atoms with Gasteiger partial charge in [0.2, 0.25) is 5.82 Å². The molecule has 2 heterocycles. The van der Waals surface area contributed by atoms with E-state index in [1.807, 2.05) is 12.1 Å². The van der Waals surface area contributed by atoms with Crippen molar-refractivity contribution in [2.75, 3.05) is 4.90 Å². The molecule has 1 aliphatic heterocycles. The van der Waals surface area contributed by atoms with Crippen LogP contribution < -0.4 is 10.2 Å². The minimum absolute atomic E-state index is 0.209. The van der Waals surface area contributed by atoms with Crippen molar-refractivity contribution in [1.29, 1.82) is 0 Å². The minimum atomic E-state index is -0.209. The third kappa shape index (κ3) is 4.49. The van der Waals surface area contributed by atoms with E-state index in [9.17, 15) is 0 Å². The summed E-state index contributed by atoms with van der Waals surface area (Å²) in [7, 11) is 0. The first kappa shape index (κ1) is 23.0. The van der Waals surface area contributed by atoms with E-state index in [2.05, 4.69) is 104 Å². The summed E-state index contributed by atoms with van der Waals surface area (Å²) >= 11 is 5.88. The van der Waals surface area contributed by atoms with Crippen molar-refractivity contribution in [3.05, 3.63) is 107 Å². The van der Waals surface area contributed by atoms with Crippen LogP contribution in [0.2, 0.25) is 0 Å². The summed E-state index contributed by atoms with van der Waals surface area (Å²) in [4.78, 5) is 6.89. The number of hydrogen-bond donors (Lipinski definition) is 1. The van der Waals surface area contributed by atoms with E-state index in [-0.39, 0.29) is 6.04 Å². The molecule has 0 aliphatic carbocycles. The number of nitrogens with zero attached hydrogens (tertiary/aromatic N) is 3. The van der Waals surface area contributed by atoms with E-state index in [0.29, 0.717) is 16.8 Å². The number of aromatic nitrogens is 2. The van der Waals surface area contributed by atoms with Crippen LogP contribution in [0.3, 0.4) is 0 Å². The summed E-state index contributed by atoms with van der Waals surface area (Å²) in [6.07, 6.45) is 0.951. The molecule has 1 aromatic heterocycles. The highest BCUT2D eigenvalue weighted by molar-refractivity contribution is 7.80. The maximum absolute atomic E-state index is 5.88. The summed E-state index contributed by atoms with van der Waals surface area (Å²) < 4.78 is 5.88. The largest absolute Gasteiger partial charge is 0.351 e. The van der Waals surface area contributed by atoms with Gasteiger partial charge in [-0.25, -0.2) is 0 Å².